The summed E-state index contributed by atoms with van der Waals surface area (Å²) in [5.74, 6) is 0. The molecule has 3 nitrogen and oxygen atoms in total. The Morgan fingerprint density at radius 2 is 2.06 bits per heavy atom. The second-order valence-electron chi connectivity index (χ2n) is 4.16. The number of hydrogen-bond donors (Lipinski definition) is 1. The number of unbranched alkanes of at least 4 members (excludes halogenated alkanes) is 1. The molecule has 16 heavy (non-hydrogen) atoms. The molecule has 1 aromatic carbocycles. The summed E-state index contributed by atoms with van der Waals surface area (Å²) in [5.41, 5.74) is 3.83. The van der Waals surface area contributed by atoms with Gasteiger partial charge >= 0.3 is 0 Å². The van der Waals surface area contributed by atoms with Gasteiger partial charge in [-0.25, -0.2) is 0 Å². The van der Waals surface area contributed by atoms with Gasteiger partial charge in [0, 0.05) is 0 Å². The molecule has 1 heterocycles. The minimum atomic E-state index is 1.02. The van der Waals surface area contributed by atoms with Crippen molar-refractivity contribution < 1.29 is 0 Å². The highest BCUT2D eigenvalue weighted by molar-refractivity contribution is 5.22. The van der Waals surface area contributed by atoms with Gasteiger partial charge in [0.15, 0.2) is 0 Å². The third-order valence-corrected chi connectivity index (χ3v) is 2.70. The lowest BCUT2D eigenvalue weighted by Crippen LogP contribution is -1.90. The molecule has 2 aromatic rings. The maximum absolute atomic E-state index is 4.04. The van der Waals surface area contributed by atoms with E-state index in [-0.39, 0.29) is 0 Å². The molecule has 0 aliphatic rings. The predicted octanol–water partition coefficient (Wildman–Crippen LogP) is 2.68. The molecular formula is C13H17N3. The van der Waals surface area contributed by atoms with Crippen molar-refractivity contribution in [2.45, 2.75) is 32.6 Å². The van der Waals surface area contributed by atoms with Crippen LogP contribution in [0.15, 0.2) is 30.5 Å². The van der Waals surface area contributed by atoms with Crippen molar-refractivity contribution in [3.05, 3.63) is 47.3 Å². The Bertz CT molecular complexity index is 421. The summed E-state index contributed by atoms with van der Waals surface area (Å²) >= 11 is 0. The lowest BCUT2D eigenvalue weighted by molar-refractivity contribution is 0.719. The molecule has 1 N–H and O–H groups in total. The van der Waals surface area contributed by atoms with Crippen molar-refractivity contribution in [3.8, 4) is 0 Å². The maximum Gasteiger partial charge on any atom is 0.0824 e. The normalized spacial score (nSPS) is 10.6. The molecule has 0 radical (unpaired) electrons. The zero-order chi connectivity index (χ0) is 11.2. The molecule has 0 saturated heterocycles. The van der Waals surface area contributed by atoms with Gasteiger partial charge in [0.2, 0.25) is 0 Å². The molecule has 0 amide bonds. The first kappa shape index (κ1) is 10.9. The maximum atomic E-state index is 4.04. The third-order valence-electron chi connectivity index (χ3n) is 2.70. The van der Waals surface area contributed by atoms with Gasteiger partial charge in [0.05, 0.1) is 11.9 Å². The molecule has 0 unspecified atom stereocenters. The minimum Gasteiger partial charge on any atom is -0.198 e. The van der Waals surface area contributed by atoms with Crippen LogP contribution in [0.3, 0.4) is 0 Å². The largest absolute Gasteiger partial charge is 0.198 e. The van der Waals surface area contributed by atoms with Gasteiger partial charge in [-0.1, -0.05) is 29.8 Å². The van der Waals surface area contributed by atoms with E-state index in [0.29, 0.717) is 0 Å². The van der Waals surface area contributed by atoms with E-state index >= 15 is 0 Å². The van der Waals surface area contributed by atoms with Gasteiger partial charge in [-0.15, -0.1) is 0 Å². The van der Waals surface area contributed by atoms with E-state index in [1.54, 1.807) is 6.20 Å². The Labute approximate surface area is 95.9 Å². The van der Waals surface area contributed by atoms with Crippen LogP contribution in [0.5, 0.6) is 0 Å². The molecule has 1 aromatic heterocycles. The fraction of sp³-hybridized carbons (Fsp3) is 0.385. The molecule has 0 bridgehead atoms. The number of H-pyrrole nitrogens is 1. The first-order valence-electron chi connectivity index (χ1n) is 5.75. The van der Waals surface area contributed by atoms with Crippen LogP contribution in [0.2, 0.25) is 0 Å². The Hall–Kier alpha value is -1.64. The second kappa shape index (κ2) is 5.45. The smallest absolute Gasteiger partial charge is 0.0824 e. The second-order valence-corrected chi connectivity index (χ2v) is 4.16. The summed E-state index contributed by atoms with van der Waals surface area (Å²) in [6.07, 6.45) is 6.34. The highest BCUT2D eigenvalue weighted by atomic mass is 15.3. The quantitative estimate of drug-likeness (QED) is 0.779. The molecule has 0 saturated carbocycles. The van der Waals surface area contributed by atoms with E-state index in [4.69, 9.17) is 0 Å². The van der Waals surface area contributed by atoms with Crippen LogP contribution in [0.4, 0.5) is 0 Å². The predicted molar refractivity (Wildman–Crippen MR) is 64.2 cm³/mol. The standard InChI is InChI=1S/C13H17N3/c1-11-5-4-7-12(9-11)6-2-3-8-13-10-14-16-15-13/h4-5,7,9-10H,2-3,6,8H2,1H3,(H,14,15,16). The number of aromatic amines is 1. The fourth-order valence-corrected chi connectivity index (χ4v) is 1.85. The van der Waals surface area contributed by atoms with Gasteiger partial charge in [-0.2, -0.15) is 15.4 Å². The van der Waals surface area contributed by atoms with Gasteiger partial charge in [0.1, 0.15) is 0 Å². The van der Waals surface area contributed by atoms with Crippen molar-refractivity contribution in [2.24, 2.45) is 0 Å². The number of hydrogen-bond acceptors (Lipinski definition) is 2. The zero-order valence-corrected chi connectivity index (χ0v) is 9.61. The van der Waals surface area contributed by atoms with E-state index in [2.05, 4.69) is 46.6 Å². The van der Waals surface area contributed by atoms with Crippen molar-refractivity contribution in [1.29, 1.82) is 0 Å². The summed E-state index contributed by atoms with van der Waals surface area (Å²) in [7, 11) is 0. The van der Waals surface area contributed by atoms with Gasteiger partial charge in [-0.05, 0) is 38.2 Å². The monoisotopic (exact) mass is 215 g/mol. The van der Waals surface area contributed by atoms with E-state index in [1.807, 2.05) is 0 Å². The van der Waals surface area contributed by atoms with Crippen LogP contribution in [0.1, 0.15) is 29.7 Å². The van der Waals surface area contributed by atoms with Crippen LogP contribution in [0, 0.1) is 6.92 Å². The highest BCUT2D eigenvalue weighted by Gasteiger charge is 1.97. The van der Waals surface area contributed by atoms with Crippen LogP contribution < -0.4 is 0 Å². The lowest BCUT2D eigenvalue weighted by Gasteiger charge is -2.01. The molecule has 0 fully saturated rings. The highest BCUT2D eigenvalue weighted by Crippen LogP contribution is 2.09. The number of rotatable bonds is 5. The summed E-state index contributed by atoms with van der Waals surface area (Å²) < 4.78 is 0. The van der Waals surface area contributed by atoms with Crippen molar-refractivity contribution in [3.63, 3.8) is 0 Å². The number of benzene rings is 1. The molecular weight excluding hydrogens is 198 g/mol. The molecule has 0 atom stereocenters. The zero-order valence-electron chi connectivity index (χ0n) is 9.61. The van der Waals surface area contributed by atoms with Gasteiger partial charge < -0.3 is 0 Å². The van der Waals surface area contributed by atoms with Gasteiger partial charge in [-0.3, -0.25) is 0 Å². The van der Waals surface area contributed by atoms with Gasteiger partial charge in [0.25, 0.3) is 0 Å². The van der Waals surface area contributed by atoms with Crippen molar-refractivity contribution in [2.75, 3.05) is 0 Å². The summed E-state index contributed by atoms with van der Waals surface area (Å²) in [5, 5.41) is 10.5. The first-order valence-corrected chi connectivity index (χ1v) is 5.75. The van der Waals surface area contributed by atoms with Crippen LogP contribution in [0.25, 0.3) is 0 Å². The molecule has 0 aliphatic carbocycles. The Kier molecular flexibility index (Phi) is 3.70. The number of nitrogens with one attached hydrogen (secondary N) is 1. The van der Waals surface area contributed by atoms with E-state index in [1.165, 1.54) is 24.0 Å². The topological polar surface area (TPSA) is 41.6 Å². The molecule has 2 rings (SSSR count). The molecule has 0 spiro atoms. The first-order chi connectivity index (χ1) is 7.84. The summed E-state index contributed by atoms with van der Waals surface area (Å²) in [4.78, 5) is 0. The number of nitrogens with zero attached hydrogens (tertiary/aromatic N) is 2. The van der Waals surface area contributed by atoms with Crippen LogP contribution in [-0.2, 0) is 12.8 Å². The summed E-state index contributed by atoms with van der Waals surface area (Å²) in [6.45, 7) is 2.14. The summed E-state index contributed by atoms with van der Waals surface area (Å²) in [6, 6.07) is 8.72. The average molecular weight is 215 g/mol. The van der Waals surface area contributed by atoms with E-state index in [0.717, 1.165) is 18.5 Å². The third kappa shape index (κ3) is 3.19. The van der Waals surface area contributed by atoms with Crippen molar-refractivity contribution in [1.82, 2.24) is 15.4 Å². The number of aromatic nitrogens is 3. The van der Waals surface area contributed by atoms with Crippen LogP contribution in [-0.4, -0.2) is 15.4 Å². The molecule has 0 aliphatic heterocycles. The Balaban J connectivity index is 1.72. The fourth-order valence-electron chi connectivity index (χ4n) is 1.85. The lowest BCUT2D eigenvalue weighted by atomic mass is 10.0. The molecule has 3 heteroatoms. The minimum absolute atomic E-state index is 1.02. The SMILES string of the molecule is Cc1cccc(CCCCc2cn[nH]n2)c1. The molecule has 84 valence electrons. The van der Waals surface area contributed by atoms with E-state index < -0.39 is 0 Å². The number of aryl methyl sites for hydroxylation is 3. The van der Waals surface area contributed by atoms with E-state index in [9.17, 15) is 0 Å². The Morgan fingerprint density at radius 1 is 1.19 bits per heavy atom. The Morgan fingerprint density at radius 3 is 2.81 bits per heavy atom. The van der Waals surface area contributed by atoms with Crippen molar-refractivity contribution >= 4 is 0 Å². The average Bonchev–Trinajstić information content (AvgIpc) is 2.77. The van der Waals surface area contributed by atoms with Crippen LogP contribution >= 0.6 is 0 Å².